The quantitative estimate of drug-likeness (QED) is 0.440. The molecule has 0 radical (unpaired) electrons. The molecule has 2 aromatic carbocycles. The summed E-state index contributed by atoms with van der Waals surface area (Å²) >= 11 is 6.30. The van der Waals surface area contributed by atoms with Gasteiger partial charge in [-0.15, -0.1) is 5.10 Å². The zero-order valence-electron chi connectivity index (χ0n) is 17.7. The number of benzene rings is 2. The van der Waals surface area contributed by atoms with Gasteiger partial charge in [0, 0.05) is 30.4 Å². The van der Waals surface area contributed by atoms with Gasteiger partial charge in [0.2, 0.25) is 0 Å². The summed E-state index contributed by atoms with van der Waals surface area (Å²) in [4.78, 5) is 6.35. The standard InChI is InChI=1S/C24H21ClN6O/c1-31(14-17-5-3-4-10-28-17)24-18-8-7-16(13-26)23(27)22(18)20(29-30-24)12-15-6-9-21(32-2)19(25)11-15/h3-11H,12,14,27H2,1-2H3. The van der Waals surface area contributed by atoms with Crippen molar-refractivity contribution in [1.82, 2.24) is 15.2 Å². The molecule has 8 heteroatoms. The molecule has 2 N–H and O–H groups in total. The van der Waals surface area contributed by atoms with Gasteiger partial charge in [0.1, 0.15) is 11.8 Å². The molecule has 0 saturated heterocycles. The zero-order valence-corrected chi connectivity index (χ0v) is 18.5. The van der Waals surface area contributed by atoms with E-state index in [0.29, 0.717) is 51.9 Å². The fourth-order valence-electron chi connectivity index (χ4n) is 3.65. The molecule has 4 aromatic rings. The maximum absolute atomic E-state index is 9.51. The van der Waals surface area contributed by atoms with E-state index in [1.165, 1.54) is 0 Å². The van der Waals surface area contributed by atoms with Gasteiger partial charge in [0.25, 0.3) is 0 Å². The number of anilines is 2. The van der Waals surface area contributed by atoms with Gasteiger partial charge in [0.15, 0.2) is 5.82 Å². The van der Waals surface area contributed by atoms with Crippen LogP contribution in [0.2, 0.25) is 5.02 Å². The lowest BCUT2D eigenvalue weighted by molar-refractivity contribution is 0.415. The van der Waals surface area contributed by atoms with Crippen molar-refractivity contribution in [3.05, 3.63) is 82.3 Å². The van der Waals surface area contributed by atoms with Gasteiger partial charge in [-0.3, -0.25) is 4.98 Å². The second kappa shape index (κ2) is 9.08. The minimum Gasteiger partial charge on any atom is -0.495 e. The molecule has 160 valence electrons. The summed E-state index contributed by atoms with van der Waals surface area (Å²) in [5.74, 6) is 1.27. The molecule has 0 bridgehead atoms. The van der Waals surface area contributed by atoms with Gasteiger partial charge < -0.3 is 15.4 Å². The average molecular weight is 445 g/mol. The molecule has 0 amide bonds. The molecule has 7 nitrogen and oxygen atoms in total. The first-order valence-corrected chi connectivity index (χ1v) is 10.3. The molecular formula is C24H21ClN6O. The van der Waals surface area contributed by atoms with Crippen molar-refractivity contribution in [2.45, 2.75) is 13.0 Å². The largest absolute Gasteiger partial charge is 0.495 e. The topological polar surface area (TPSA) is 101 Å². The van der Waals surface area contributed by atoms with E-state index in [0.717, 1.165) is 16.6 Å². The van der Waals surface area contributed by atoms with Crippen LogP contribution in [0.3, 0.4) is 0 Å². The third-order valence-corrected chi connectivity index (χ3v) is 5.53. The van der Waals surface area contributed by atoms with Crippen molar-refractivity contribution in [3.63, 3.8) is 0 Å². The van der Waals surface area contributed by atoms with Crippen molar-refractivity contribution >= 4 is 33.9 Å². The predicted octanol–water partition coefficient (Wildman–Crippen LogP) is 4.37. The Morgan fingerprint density at radius 3 is 2.69 bits per heavy atom. The smallest absolute Gasteiger partial charge is 0.159 e. The van der Waals surface area contributed by atoms with Crippen LogP contribution in [0.1, 0.15) is 22.5 Å². The van der Waals surface area contributed by atoms with E-state index in [2.05, 4.69) is 21.3 Å². The minimum atomic E-state index is 0.391. The lowest BCUT2D eigenvalue weighted by Gasteiger charge is -2.21. The Balaban J connectivity index is 1.80. The molecule has 0 aliphatic carbocycles. The zero-order chi connectivity index (χ0) is 22.7. The molecule has 0 saturated carbocycles. The van der Waals surface area contributed by atoms with E-state index in [-0.39, 0.29) is 0 Å². The van der Waals surface area contributed by atoms with Gasteiger partial charge in [-0.05, 0) is 42.0 Å². The number of hydrogen-bond acceptors (Lipinski definition) is 7. The molecule has 0 aliphatic rings. The second-order valence-corrected chi connectivity index (χ2v) is 7.76. The molecule has 0 fully saturated rings. The number of rotatable bonds is 6. The van der Waals surface area contributed by atoms with Gasteiger partial charge in [0.05, 0.1) is 41.3 Å². The monoisotopic (exact) mass is 444 g/mol. The lowest BCUT2D eigenvalue weighted by Crippen LogP contribution is -2.20. The Morgan fingerprint density at radius 1 is 1.16 bits per heavy atom. The Bertz CT molecular complexity index is 1320. The van der Waals surface area contributed by atoms with Crippen LogP contribution in [-0.2, 0) is 13.0 Å². The SMILES string of the molecule is COc1ccc(Cc2nnc(N(C)Cc3ccccn3)c3ccc(C#N)c(N)c23)cc1Cl. The van der Waals surface area contributed by atoms with Crippen LogP contribution in [-0.4, -0.2) is 29.3 Å². The summed E-state index contributed by atoms with van der Waals surface area (Å²) in [6.07, 6.45) is 2.21. The minimum absolute atomic E-state index is 0.391. The number of nitrogens with zero attached hydrogens (tertiary/aromatic N) is 5. The molecule has 2 heterocycles. The third-order valence-electron chi connectivity index (χ3n) is 5.24. The number of ether oxygens (including phenoxy) is 1. The molecular weight excluding hydrogens is 424 g/mol. The van der Waals surface area contributed by atoms with E-state index in [9.17, 15) is 5.26 Å². The molecule has 4 rings (SSSR count). The number of methoxy groups -OCH3 is 1. The number of halogens is 1. The summed E-state index contributed by atoms with van der Waals surface area (Å²) in [6, 6.07) is 17.1. The number of fused-ring (bicyclic) bond motifs is 1. The average Bonchev–Trinajstić information content (AvgIpc) is 2.80. The highest BCUT2D eigenvalue weighted by Crippen LogP contribution is 2.34. The third kappa shape index (κ3) is 4.13. The molecule has 32 heavy (non-hydrogen) atoms. The van der Waals surface area contributed by atoms with Gasteiger partial charge in [-0.2, -0.15) is 10.4 Å². The normalized spacial score (nSPS) is 10.7. The number of nitrogens with two attached hydrogens (primary N) is 1. The van der Waals surface area contributed by atoms with Gasteiger partial charge >= 0.3 is 0 Å². The van der Waals surface area contributed by atoms with Crippen molar-refractivity contribution in [1.29, 1.82) is 5.26 Å². The van der Waals surface area contributed by atoms with E-state index in [1.54, 1.807) is 19.4 Å². The van der Waals surface area contributed by atoms with Crippen molar-refractivity contribution in [3.8, 4) is 11.8 Å². The van der Waals surface area contributed by atoms with E-state index >= 15 is 0 Å². The maximum Gasteiger partial charge on any atom is 0.159 e. The van der Waals surface area contributed by atoms with E-state index < -0.39 is 0 Å². The molecule has 0 spiro atoms. The van der Waals surface area contributed by atoms with Crippen LogP contribution in [0.4, 0.5) is 11.5 Å². The highest BCUT2D eigenvalue weighted by atomic mass is 35.5. The first kappa shape index (κ1) is 21.3. The van der Waals surface area contributed by atoms with E-state index in [4.69, 9.17) is 22.1 Å². The number of pyridine rings is 1. The summed E-state index contributed by atoms with van der Waals surface area (Å²) in [7, 11) is 3.50. The Hall–Kier alpha value is -3.89. The Labute approximate surface area is 191 Å². The highest BCUT2D eigenvalue weighted by molar-refractivity contribution is 6.32. The summed E-state index contributed by atoms with van der Waals surface area (Å²) in [6.45, 7) is 0.554. The highest BCUT2D eigenvalue weighted by Gasteiger charge is 2.18. The van der Waals surface area contributed by atoms with Crippen LogP contribution in [0, 0.1) is 11.3 Å². The Morgan fingerprint density at radius 2 is 2.00 bits per heavy atom. The molecule has 0 aliphatic heterocycles. The molecule has 2 aromatic heterocycles. The summed E-state index contributed by atoms with van der Waals surface area (Å²) in [5, 5.41) is 20.6. The summed E-state index contributed by atoms with van der Waals surface area (Å²) in [5.41, 5.74) is 9.72. The van der Waals surface area contributed by atoms with Crippen molar-refractivity contribution in [2.24, 2.45) is 0 Å². The number of nitrogen functional groups attached to an aromatic ring is 1. The number of hydrogen-bond donors (Lipinski definition) is 1. The summed E-state index contributed by atoms with van der Waals surface area (Å²) < 4.78 is 5.23. The molecule has 0 atom stereocenters. The van der Waals surface area contributed by atoms with Gasteiger partial charge in [-0.1, -0.05) is 23.7 Å². The maximum atomic E-state index is 9.51. The predicted molar refractivity (Wildman–Crippen MR) is 126 cm³/mol. The number of nitriles is 1. The van der Waals surface area contributed by atoms with E-state index in [1.807, 2.05) is 54.4 Å². The first-order chi connectivity index (χ1) is 15.5. The van der Waals surface area contributed by atoms with Crippen LogP contribution >= 0.6 is 11.6 Å². The molecule has 0 unspecified atom stereocenters. The second-order valence-electron chi connectivity index (χ2n) is 7.35. The number of aromatic nitrogens is 3. The van der Waals surface area contributed by atoms with Crippen LogP contribution in [0.15, 0.2) is 54.7 Å². The van der Waals surface area contributed by atoms with Crippen LogP contribution in [0.5, 0.6) is 5.75 Å². The first-order valence-electron chi connectivity index (χ1n) is 9.93. The Kier molecular flexibility index (Phi) is 6.06. The van der Waals surface area contributed by atoms with Crippen molar-refractivity contribution in [2.75, 3.05) is 24.8 Å². The van der Waals surface area contributed by atoms with Crippen LogP contribution < -0.4 is 15.4 Å². The fourth-order valence-corrected chi connectivity index (χ4v) is 3.93. The lowest BCUT2D eigenvalue weighted by atomic mass is 10.00. The van der Waals surface area contributed by atoms with Crippen molar-refractivity contribution < 1.29 is 4.74 Å². The fraction of sp³-hybridized carbons (Fsp3) is 0.167. The van der Waals surface area contributed by atoms with Gasteiger partial charge in [-0.25, -0.2) is 0 Å². The van der Waals surface area contributed by atoms with Crippen LogP contribution in [0.25, 0.3) is 10.8 Å².